The van der Waals surface area contributed by atoms with E-state index in [2.05, 4.69) is 24.5 Å². The minimum Gasteiger partial charge on any atom is -0.493 e. The van der Waals surface area contributed by atoms with Crippen LogP contribution in [0.1, 0.15) is 83.0 Å². The number of hydrogen-bond donors (Lipinski definition) is 5. The molecule has 0 bridgehead atoms. The van der Waals surface area contributed by atoms with Crippen LogP contribution >= 0.6 is 12.4 Å². The summed E-state index contributed by atoms with van der Waals surface area (Å²) >= 11 is 0. The second-order valence-corrected chi connectivity index (χ2v) is 12.2. The van der Waals surface area contributed by atoms with Crippen molar-refractivity contribution in [1.29, 1.82) is 0 Å². The lowest BCUT2D eigenvalue weighted by molar-refractivity contribution is -0.134. The van der Waals surface area contributed by atoms with Crippen molar-refractivity contribution < 1.29 is 29.3 Å². The monoisotopic (exact) mass is 599 g/mol. The first-order chi connectivity index (χ1) is 19.0. The topological polar surface area (TPSA) is 143 Å². The summed E-state index contributed by atoms with van der Waals surface area (Å²) in [5.74, 6) is 0.692. The fourth-order valence-corrected chi connectivity index (χ4v) is 5.29. The van der Waals surface area contributed by atoms with Gasteiger partial charge in [0.1, 0.15) is 5.75 Å². The van der Waals surface area contributed by atoms with Crippen LogP contribution in [0.3, 0.4) is 0 Å². The number of carbonyl (C=O) groups is 2. The molecule has 1 aliphatic carbocycles. The van der Waals surface area contributed by atoms with Gasteiger partial charge < -0.3 is 36.1 Å². The number of hydrogen-bond acceptors (Lipinski definition) is 7. The van der Waals surface area contributed by atoms with E-state index in [0.717, 1.165) is 38.5 Å². The zero-order chi connectivity index (χ0) is 29.7. The molecule has 0 unspecified atom stereocenters. The van der Waals surface area contributed by atoms with Gasteiger partial charge in [-0.25, -0.2) is 0 Å². The van der Waals surface area contributed by atoms with E-state index >= 15 is 0 Å². The van der Waals surface area contributed by atoms with Crippen molar-refractivity contribution in [3.05, 3.63) is 29.8 Å². The Morgan fingerprint density at radius 2 is 1.68 bits per heavy atom. The Labute approximate surface area is 252 Å². The van der Waals surface area contributed by atoms with Crippen LogP contribution in [0.5, 0.6) is 5.75 Å². The molecule has 236 valence electrons. The number of amides is 2. The summed E-state index contributed by atoms with van der Waals surface area (Å²) in [5.41, 5.74) is 6.27. The fourth-order valence-electron chi connectivity index (χ4n) is 5.29. The molecule has 0 radical (unpaired) electrons. The van der Waals surface area contributed by atoms with Crippen LogP contribution in [-0.4, -0.2) is 73.7 Å². The highest BCUT2D eigenvalue weighted by molar-refractivity contribution is 5.96. The molecular formula is C31H54ClN3O6. The Bertz CT molecular complexity index is 908. The van der Waals surface area contributed by atoms with Crippen LogP contribution in [0.25, 0.3) is 0 Å². The van der Waals surface area contributed by atoms with Gasteiger partial charge in [0, 0.05) is 38.3 Å². The second-order valence-electron chi connectivity index (χ2n) is 12.2. The molecule has 0 saturated heterocycles. The molecule has 6 N–H and O–H groups in total. The first kappa shape index (κ1) is 37.1. The number of unbranched alkanes of at least 4 members (excludes halogenated alkanes) is 1. The number of nitrogens with two attached hydrogens (primary N) is 1. The van der Waals surface area contributed by atoms with Crippen molar-refractivity contribution in [2.24, 2.45) is 28.9 Å². The van der Waals surface area contributed by atoms with Crippen LogP contribution in [-0.2, 0) is 9.53 Å². The third kappa shape index (κ3) is 12.1. The molecule has 0 aliphatic heterocycles. The summed E-state index contributed by atoms with van der Waals surface area (Å²) in [5, 5.41) is 26.5. The number of halogens is 1. The van der Waals surface area contributed by atoms with Crippen LogP contribution < -0.4 is 21.1 Å². The van der Waals surface area contributed by atoms with Crippen LogP contribution in [0, 0.1) is 23.2 Å². The van der Waals surface area contributed by atoms with Crippen molar-refractivity contribution in [3.63, 3.8) is 0 Å². The first-order valence-corrected chi connectivity index (χ1v) is 14.9. The summed E-state index contributed by atoms with van der Waals surface area (Å²) in [7, 11) is 1.67. The van der Waals surface area contributed by atoms with Gasteiger partial charge in [0.15, 0.2) is 0 Å². The minimum absolute atomic E-state index is 0. The lowest BCUT2D eigenvalue weighted by Crippen LogP contribution is -2.49. The summed E-state index contributed by atoms with van der Waals surface area (Å²) in [4.78, 5) is 26.0. The van der Waals surface area contributed by atoms with E-state index in [-0.39, 0.29) is 54.6 Å². The molecule has 0 spiro atoms. The van der Waals surface area contributed by atoms with Crippen molar-refractivity contribution >= 4 is 24.2 Å². The third-order valence-corrected chi connectivity index (χ3v) is 8.44. The predicted octanol–water partition coefficient (Wildman–Crippen LogP) is 3.69. The zero-order valence-corrected chi connectivity index (χ0v) is 26.4. The molecular weight excluding hydrogens is 546 g/mol. The number of benzene rings is 1. The molecule has 3 atom stereocenters. The van der Waals surface area contributed by atoms with E-state index in [1.807, 2.05) is 26.0 Å². The van der Waals surface area contributed by atoms with Gasteiger partial charge in [-0.15, -0.1) is 12.4 Å². The van der Waals surface area contributed by atoms with E-state index < -0.39 is 17.6 Å². The van der Waals surface area contributed by atoms with Crippen LogP contribution in [0.15, 0.2) is 24.3 Å². The Morgan fingerprint density at radius 1 is 1.05 bits per heavy atom. The van der Waals surface area contributed by atoms with E-state index in [4.69, 9.17) is 15.2 Å². The van der Waals surface area contributed by atoms with Crippen molar-refractivity contribution in [2.75, 3.05) is 33.4 Å². The van der Waals surface area contributed by atoms with E-state index in [1.54, 1.807) is 19.2 Å². The van der Waals surface area contributed by atoms with Gasteiger partial charge in [0.2, 0.25) is 5.91 Å². The van der Waals surface area contributed by atoms with Crippen molar-refractivity contribution in [2.45, 2.75) is 90.9 Å². The smallest absolute Gasteiger partial charge is 0.255 e. The molecule has 41 heavy (non-hydrogen) atoms. The summed E-state index contributed by atoms with van der Waals surface area (Å²) in [6.07, 6.45) is 4.11. The normalized spacial score (nSPS) is 19.5. The Kier molecular flexibility index (Phi) is 16.8. The van der Waals surface area contributed by atoms with E-state index in [1.165, 1.54) is 0 Å². The maximum Gasteiger partial charge on any atom is 0.255 e. The minimum atomic E-state index is -0.905. The van der Waals surface area contributed by atoms with Crippen LogP contribution in [0.4, 0.5) is 0 Å². The average Bonchev–Trinajstić information content (AvgIpc) is 2.93. The van der Waals surface area contributed by atoms with Crippen LogP contribution in [0.2, 0.25) is 0 Å². The number of aliphatic hydroxyl groups excluding tert-OH is 2. The Balaban J connectivity index is 0.00000840. The maximum atomic E-state index is 13.0. The highest BCUT2D eigenvalue weighted by Crippen LogP contribution is 2.38. The molecule has 9 nitrogen and oxygen atoms in total. The number of aliphatic hydroxyl groups is 2. The fraction of sp³-hybridized carbons (Fsp3) is 0.742. The quantitative estimate of drug-likeness (QED) is 0.172. The molecule has 0 heterocycles. The highest BCUT2D eigenvalue weighted by atomic mass is 35.5. The molecule has 2 amide bonds. The lowest BCUT2D eigenvalue weighted by atomic mass is 9.70. The molecule has 1 fully saturated rings. The van der Waals surface area contributed by atoms with Gasteiger partial charge in [-0.1, -0.05) is 39.8 Å². The Morgan fingerprint density at radius 3 is 2.32 bits per heavy atom. The molecule has 1 aliphatic rings. The molecule has 1 saturated carbocycles. The number of methoxy groups -OCH3 is 1. The SMILES string of the molecule is COCCCCOc1ccccc1C(=O)NC[C@@H](C[C@H](N)[C@@H](O)CNC(=O)C(C)(C)C1CCC(O)CC1)C(C)C.Cl. The predicted molar refractivity (Wildman–Crippen MR) is 164 cm³/mol. The van der Waals surface area contributed by atoms with E-state index in [0.29, 0.717) is 37.5 Å². The number of carbonyl (C=O) groups excluding carboxylic acids is 2. The maximum absolute atomic E-state index is 13.0. The number of ether oxygens (including phenoxy) is 2. The molecule has 0 aromatic heterocycles. The molecule has 2 rings (SSSR count). The van der Waals surface area contributed by atoms with Gasteiger partial charge >= 0.3 is 0 Å². The standard InChI is InChI=1S/C31H53N3O6.ClH/c1-21(2)22(19-33-29(37)25-10-6-7-11-28(25)40-17-9-8-16-39-5)18-26(32)27(36)20-34-30(38)31(3,4)23-12-14-24(35)15-13-23;/h6-7,10-11,21-24,26-27,35-36H,8-9,12-20,32H2,1-5H3,(H,33,37)(H,34,38);1H/t22-,23?,24?,26+,27+;/m1./s1. The number of para-hydroxylation sites is 1. The Hall–Kier alpha value is -1.91. The molecule has 1 aromatic carbocycles. The number of nitrogens with one attached hydrogen (secondary N) is 2. The van der Waals surface area contributed by atoms with Crippen molar-refractivity contribution in [1.82, 2.24) is 10.6 Å². The van der Waals surface area contributed by atoms with Gasteiger partial charge in [-0.05, 0) is 74.8 Å². The van der Waals surface area contributed by atoms with E-state index in [9.17, 15) is 19.8 Å². The first-order valence-electron chi connectivity index (χ1n) is 14.9. The van der Waals surface area contributed by atoms with Gasteiger partial charge in [0.25, 0.3) is 5.91 Å². The van der Waals surface area contributed by atoms with Gasteiger partial charge in [0.05, 0.1) is 24.4 Å². The third-order valence-electron chi connectivity index (χ3n) is 8.44. The van der Waals surface area contributed by atoms with Gasteiger partial charge in [-0.2, -0.15) is 0 Å². The average molecular weight is 600 g/mol. The second kappa shape index (κ2) is 18.6. The number of rotatable bonds is 17. The summed E-state index contributed by atoms with van der Waals surface area (Å²) in [6, 6.07) is 6.65. The summed E-state index contributed by atoms with van der Waals surface area (Å²) in [6.45, 7) is 9.66. The van der Waals surface area contributed by atoms with Gasteiger partial charge in [-0.3, -0.25) is 9.59 Å². The largest absolute Gasteiger partial charge is 0.493 e. The zero-order valence-electron chi connectivity index (χ0n) is 25.6. The summed E-state index contributed by atoms with van der Waals surface area (Å²) < 4.78 is 10.9. The molecule has 10 heteroatoms. The van der Waals surface area contributed by atoms with Crippen molar-refractivity contribution in [3.8, 4) is 5.75 Å². The lowest BCUT2D eigenvalue weighted by Gasteiger charge is -2.37. The molecule has 1 aromatic rings. The highest BCUT2D eigenvalue weighted by Gasteiger charge is 2.38.